The topological polar surface area (TPSA) is 408 Å². The predicted octanol–water partition coefficient (Wildman–Crippen LogP) is 17.8. The summed E-state index contributed by atoms with van der Waals surface area (Å²) >= 11 is 0. The highest BCUT2D eigenvalue weighted by molar-refractivity contribution is 6.02. The molecule has 14 rings (SSSR count). The summed E-state index contributed by atoms with van der Waals surface area (Å²) in [5, 5.41) is 75.7. The van der Waals surface area contributed by atoms with Crippen LogP contribution in [0.2, 0.25) is 0 Å². The Balaban J connectivity index is 0.000000188. The van der Waals surface area contributed by atoms with Gasteiger partial charge in [0.05, 0.1) is 80.4 Å². The second kappa shape index (κ2) is 43.5. The van der Waals surface area contributed by atoms with Gasteiger partial charge in [0.25, 0.3) is 23.6 Å². The number of aliphatic carboxylic acids is 2. The van der Waals surface area contributed by atoms with Gasteiger partial charge in [-0.1, -0.05) is 139 Å². The summed E-state index contributed by atoms with van der Waals surface area (Å²) in [7, 11) is 0. The number of imide groups is 2. The number of fused-ring (bicyclic) bond motifs is 15. The van der Waals surface area contributed by atoms with Crippen molar-refractivity contribution >= 4 is 71.4 Å². The van der Waals surface area contributed by atoms with Gasteiger partial charge in [-0.2, -0.15) is 0 Å². The molecule has 7 N–H and O–H groups in total. The first-order valence-corrected chi connectivity index (χ1v) is 52.2. The van der Waals surface area contributed by atoms with Crippen LogP contribution in [-0.2, 0) is 86.2 Å². The second-order valence-electron chi connectivity index (χ2n) is 46.4. The molecule has 27 heteroatoms. The first kappa shape index (κ1) is 105. The molecule has 0 aromatic carbocycles. The van der Waals surface area contributed by atoms with Gasteiger partial charge in [0.15, 0.2) is 0 Å². The fourth-order valence-corrected chi connectivity index (χ4v) is 31.9. The van der Waals surface area contributed by atoms with Crippen molar-refractivity contribution in [3.05, 3.63) is 0 Å². The van der Waals surface area contributed by atoms with Crippen molar-refractivity contribution in [1.82, 2.24) is 10.1 Å². The van der Waals surface area contributed by atoms with E-state index < -0.39 is 106 Å². The van der Waals surface area contributed by atoms with E-state index in [4.69, 9.17) is 38.8 Å². The molecule has 12 saturated carbocycles. The molecule has 0 radical (unpaired) electrons. The minimum Gasteiger partial charge on any atom is -0.481 e. The summed E-state index contributed by atoms with van der Waals surface area (Å²) in [6.45, 7) is 27.1. The number of esters is 4. The molecule has 4 amide bonds. The van der Waals surface area contributed by atoms with E-state index >= 15 is 0 Å². The van der Waals surface area contributed by atoms with Gasteiger partial charge in [0.2, 0.25) is 0 Å². The Labute approximate surface area is 784 Å². The zero-order chi connectivity index (χ0) is 96.0. The highest BCUT2D eigenvalue weighted by Gasteiger charge is 2.69. The normalized spacial score (nSPS) is 39.0. The number of nitrogens with zero attached hydrogens (tertiary/aromatic N) is 2. The van der Waals surface area contributed by atoms with Crippen LogP contribution in [0.15, 0.2) is 0 Å². The average molecular weight is 1860 g/mol. The summed E-state index contributed by atoms with van der Waals surface area (Å²) in [5.74, 6) is -3.69. The minimum atomic E-state index is -1.04. The largest absolute Gasteiger partial charge is 0.481 e. The third kappa shape index (κ3) is 22.9. The quantitative estimate of drug-likeness (QED) is 0.0133. The van der Waals surface area contributed by atoms with Crippen molar-refractivity contribution in [2.45, 2.75) is 464 Å². The van der Waals surface area contributed by atoms with Crippen molar-refractivity contribution in [3.8, 4) is 0 Å². The number of hydrogen-bond acceptors (Lipinski definition) is 23. The lowest BCUT2D eigenvalue weighted by Crippen LogP contribution is -2.60. The van der Waals surface area contributed by atoms with Crippen LogP contribution < -0.4 is 0 Å². The molecule has 2 aliphatic heterocycles. The van der Waals surface area contributed by atoms with E-state index in [0.717, 1.165) is 161 Å². The molecule has 14 aliphatic rings. The molecule has 2 saturated heterocycles. The van der Waals surface area contributed by atoms with Crippen molar-refractivity contribution < 1.29 is 122 Å². The Bertz CT molecular complexity index is 4040. The first-order chi connectivity index (χ1) is 62.3. The number of carbonyl (C=O) groups is 12. The molecule has 132 heavy (non-hydrogen) atoms. The zero-order valence-electron chi connectivity index (χ0n) is 82.1. The molecule has 14 fully saturated rings. The number of carboxylic acids is 2. The standard InChI is InChI=1S/C43H62N2O13.C35H56O9.C27H48O3/c1-5-6-7-8-21-43(4,54)32-10-9-28-27-25-31(56-38(51)16-18-40(53)58-45-35(48)13-14-36(45)49)30-24-26(19-22-41(30,2)29(27)20-23-42(28,32)3)55-37(50)15-17-39(52)57-44-33(46)11-12-34(44)47;1-5-6-7-8-17-35(4,42)28-10-9-24-23-21-27(44-32(41)14-12-30(38)39)26-20-22(43-31(40)13-11-29(36)37)15-18-33(26,2)25(23)16-19-34(24,28)3;1-5-6-7-8-13-27(4,30)24-10-9-20-19-17-23(29)22-16-18(28)11-14-25(22,2)21(19)12-15-26(20,24)3/h26-32,54H,5-25H2,1-4H3;22-28,42H,5-21H2,1-4H3,(H,36,37)(H,38,39);18-24,28-30H,5-17H2,1-4H3/t26-,27-,28-,29-,30+,31-,32-,41+,42-,43-;22-,23-,24-,25-,26+,27-,28-,33+,34-,35-;18-,19-,20-,21-,22+,23-,24-,25+,26-,27-/m000/s1. The van der Waals surface area contributed by atoms with Gasteiger partial charge >= 0.3 is 47.8 Å². The number of aliphatic hydroxyl groups is 5. The smallest absolute Gasteiger partial charge is 0.333 e. The number of aliphatic hydroxyl groups excluding tert-OH is 2. The number of carboxylic acid groups (broad SMARTS) is 2. The SMILES string of the molecule is CCCCCC[C@](C)(O)[C@H]1CC[C@H]2[C@@H]3C[C@H](O)[C@H]4C[C@@H](O)CC[C@]4(C)[C@H]3CC[C@@]21C.CCCCCC[C@](C)(O)[C@H]1CC[C@H]2[C@@H]3C[C@H](OC(=O)CCC(=O)O)[C@H]4C[C@@H](OC(=O)CCC(=O)O)CC[C@]4(C)[C@H]3CC[C@@]21C.CCCCCC[C@](C)(O)[C@H]1CC[C@H]2[C@@H]3C[C@H](OC(=O)CCC(=O)ON4C(=O)CCC4=O)[C@H]4C[C@@H](OC(=O)CCC(=O)ON5C(=O)CCC5=O)CC[C@]4(C)[C@H]3CC[C@@]21C. The van der Waals surface area contributed by atoms with Gasteiger partial charge in [-0.3, -0.25) is 47.9 Å². The van der Waals surface area contributed by atoms with Crippen LogP contribution in [0, 0.1) is 121 Å². The lowest BCUT2D eigenvalue weighted by atomic mass is 9.43. The lowest BCUT2D eigenvalue weighted by Gasteiger charge is -2.63. The monoisotopic (exact) mass is 1860 g/mol. The summed E-state index contributed by atoms with van der Waals surface area (Å²) < 4.78 is 24.1. The molecular formula is C105H166N2O25. The molecule has 0 bridgehead atoms. The van der Waals surface area contributed by atoms with E-state index in [2.05, 4.69) is 69.2 Å². The van der Waals surface area contributed by atoms with Gasteiger partial charge in [-0.15, -0.1) is 10.1 Å². The molecule has 30 atom stereocenters. The predicted molar refractivity (Wildman–Crippen MR) is 488 cm³/mol. The van der Waals surface area contributed by atoms with Crippen LogP contribution in [0.1, 0.15) is 411 Å². The fraction of sp³-hybridized carbons (Fsp3) is 0.886. The molecule has 746 valence electrons. The van der Waals surface area contributed by atoms with Gasteiger partial charge in [0, 0.05) is 37.5 Å². The number of rotatable bonds is 36. The highest BCUT2D eigenvalue weighted by atomic mass is 16.7. The van der Waals surface area contributed by atoms with Crippen LogP contribution >= 0.6 is 0 Å². The first-order valence-electron chi connectivity index (χ1n) is 52.2. The Morgan fingerprint density at radius 2 is 0.614 bits per heavy atom. The molecule has 27 nitrogen and oxygen atoms in total. The van der Waals surface area contributed by atoms with Crippen molar-refractivity contribution in [2.24, 2.45) is 121 Å². The summed E-state index contributed by atoms with van der Waals surface area (Å²) in [5.41, 5.74) is -2.11. The fourth-order valence-electron chi connectivity index (χ4n) is 31.9. The number of carbonyl (C=O) groups excluding carboxylic acids is 10. The Hall–Kier alpha value is -6.16. The van der Waals surface area contributed by atoms with Crippen molar-refractivity contribution in [1.29, 1.82) is 0 Å². The number of ether oxygens (including phenoxy) is 4. The third-order valence-electron chi connectivity index (χ3n) is 38.4. The molecule has 2 heterocycles. The molecule has 0 unspecified atom stereocenters. The molecule has 0 aromatic rings. The van der Waals surface area contributed by atoms with Crippen LogP contribution in [-0.4, -0.2) is 171 Å². The van der Waals surface area contributed by atoms with E-state index in [0.29, 0.717) is 102 Å². The van der Waals surface area contributed by atoms with Gasteiger partial charge in [0.1, 0.15) is 24.4 Å². The lowest BCUT2D eigenvalue weighted by molar-refractivity contribution is -0.203. The van der Waals surface area contributed by atoms with E-state index in [1.54, 1.807) is 0 Å². The van der Waals surface area contributed by atoms with Gasteiger partial charge in [-0.05, 0) is 304 Å². The van der Waals surface area contributed by atoms with Crippen molar-refractivity contribution in [3.63, 3.8) is 0 Å². The highest BCUT2D eigenvalue weighted by Crippen LogP contribution is 2.73. The van der Waals surface area contributed by atoms with Gasteiger partial charge in [-0.25, -0.2) is 9.59 Å². The maximum atomic E-state index is 13.5. The number of unbranched alkanes of at least 4 members (excludes halogenated alkanes) is 9. The van der Waals surface area contributed by atoms with Crippen LogP contribution in [0.5, 0.6) is 0 Å². The minimum absolute atomic E-state index is 0.00730. The Kier molecular flexibility index (Phi) is 34.5. The summed E-state index contributed by atoms with van der Waals surface area (Å²) in [6, 6.07) is 0. The van der Waals surface area contributed by atoms with E-state index in [1.807, 2.05) is 13.8 Å². The number of amides is 4. The Morgan fingerprint density at radius 3 is 0.947 bits per heavy atom. The Morgan fingerprint density at radius 1 is 0.326 bits per heavy atom. The van der Waals surface area contributed by atoms with E-state index in [9.17, 15) is 83.1 Å². The maximum Gasteiger partial charge on any atom is 0.333 e. The van der Waals surface area contributed by atoms with Crippen LogP contribution in [0.3, 0.4) is 0 Å². The van der Waals surface area contributed by atoms with Crippen LogP contribution in [0.4, 0.5) is 0 Å². The van der Waals surface area contributed by atoms with E-state index in [-0.39, 0.29) is 163 Å². The molecular weight excluding hydrogens is 1690 g/mol. The number of hydroxylamine groups is 4. The summed E-state index contributed by atoms with van der Waals surface area (Å²) in [4.78, 5) is 156. The molecule has 0 aromatic heterocycles. The van der Waals surface area contributed by atoms with Gasteiger partial charge < -0.3 is 64.4 Å². The van der Waals surface area contributed by atoms with E-state index in [1.165, 1.54) is 51.4 Å². The average Bonchev–Trinajstić information content (AvgIpc) is 1.66. The number of hydrogen-bond donors (Lipinski definition) is 7. The van der Waals surface area contributed by atoms with Crippen molar-refractivity contribution in [2.75, 3.05) is 0 Å². The second-order valence-corrected chi connectivity index (χ2v) is 46.4. The third-order valence-corrected chi connectivity index (χ3v) is 38.4. The zero-order valence-corrected chi connectivity index (χ0v) is 82.1. The van der Waals surface area contributed by atoms with Crippen LogP contribution in [0.25, 0.3) is 0 Å². The summed E-state index contributed by atoms with van der Waals surface area (Å²) in [6.07, 6.45) is 33.4. The maximum absolute atomic E-state index is 13.5. The molecule has 12 aliphatic carbocycles. The molecule has 0 spiro atoms.